The summed E-state index contributed by atoms with van der Waals surface area (Å²) in [5.74, 6) is 2.15. The van der Waals surface area contributed by atoms with E-state index < -0.39 is 0 Å². The van der Waals surface area contributed by atoms with E-state index >= 15 is 0 Å². The first-order valence-corrected chi connectivity index (χ1v) is 7.98. The zero-order valence-corrected chi connectivity index (χ0v) is 13.9. The monoisotopic (exact) mass is 327 g/mol. The number of aryl methyl sites for hydroxylation is 1. The number of fused-ring (bicyclic) bond motifs is 1. The molecule has 1 amide bonds. The maximum atomic E-state index is 11.9. The molecule has 24 heavy (non-hydrogen) atoms. The Hall–Kier alpha value is -2.69. The highest BCUT2D eigenvalue weighted by Crippen LogP contribution is 2.32. The van der Waals surface area contributed by atoms with Gasteiger partial charge in [-0.25, -0.2) is 0 Å². The molecule has 1 aliphatic rings. The van der Waals surface area contributed by atoms with Crippen LogP contribution in [0.2, 0.25) is 0 Å². The standard InChI is InChI=1S/C19H21NO4/c1-13-4-3-5-16(14(13)2)22-11-19(21)20-9-8-15-6-7-17-18(10-15)24-12-23-17/h3-7,10H,8-9,11-12H2,1-2H3,(H,20,21). The summed E-state index contributed by atoms with van der Waals surface area (Å²) in [5.41, 5.74) is 3.30. The average Bonchev–Trinajstić information content (AvgIpc) is 3.04. The maximum absolute atomic E-state index is 11.9. The smallest absolute Gasteiger partial charge is 0.257 e. The fourth-order valence-corrected chi connectivity index (χ4v) is 2.52. The SMILES string of the molecule is Cc1cccc(OCC(=O)NCCc2ccc3c(c2)OCO3)c1C. The second-order valence-electron chi connectivity index (χ2n) is 5.77. The molecule has 1 aliphatic heterocycles. The molecular weight excluding hydrogens is 306 g/mol. The van der Waals surface area contributed by atoms with Crippen molar-refractivity contribution >= 4 is 5.91 Å². The van der Waals surface area contributed by atoms with E-state index in [4.69, 9.17) is 14.2 Å². The van der Waals surface area contributed by atoms with Crippen molar-refractivity contribution in [1.82, 2.24) is 5.32 Å². The summed E-state index contributed by atoms with van der Waals surface area (Å²) in [4.78, 5) is 11.9. The molecule has 0 saturated carbocycles. The lowest BCUT2D eigenvalue weighted by Crippen LogP contribution is -2.30. The summed E-state index contributed by atoms with van der Waals surface area (Å²) in [7, 11) is 0. The number of hydrogen-bond acceptors (Lipinski definition) is 4. The number of rotatable bonds is 6. The van der Waals surface area contributed by atoms with Crippen LogP contribution in [0.15, 0.2) is 36.4 Å². The highest BCUT2D eigenvalue weighted by Gasteiger charge is 2.13. The molecule has 0 fully saturated rings. The summed E-state index contributed by atoms with van der Waals surface area (Å²) in [6.45, 7) is 4.85. The third-order valence-corrected chi connectivity index (χ3v) is 4.09. The quantitative estimate of drug-likeness (QED) is 0.886. The number of amides is 1. The molecule has 0 radical (unpaired) electrons. The van der Waals surface area contributed by atoms with Gasteiger partial charge in [0.15, 0.2) is 18.1 Å². The van der Waals surface area contributed by atoms with Crippen LogP contribution in [0.4, 0.5) is 0 Å². The largest absolute Gasteiger partial charge is 0.483 e. The second-order valence-corrected chi connectivity index (χ2v) is 5.77. The summed E-state index contributed by atoms with van der Waals surface area (Å²) >= 11 is 0. The minimum Gasteiger partial charge on any atom is -0.483 e. The van der Waals surface area contributed by atoms with E-state index in [0.29, 0.717) is 6.54 Å². The third kappa shape index (κ3) is 3.79. The van der Waals surface area contributed by atoms with E-state index in [1.165, 1.54) is 0 Å². The number of ether oxygens (including phenoxy) is 3. The van der Waals surface area contributed by atoms with E-state index in [1.807, 2.05) is 50.2 Å². The van der Waals surface area contributed by atoms with Crippen LogP contribution >= 0.6 is 0 Å². The molecule has 5 heteroatoms. The first-order chi connectivity index (χ1) is 11.6. The third-order valence-electron chi connectivity index (χ3n) is 4.09. The van der Waals surface area contributed by atoms with Crippen LogP contribution in [0.25, 0.3) is 0 Å². The van der Waals surface area contributed by atoms with Gasteiger partial charge < -0.3 is 19.5 Å². The molecule has 5 nitrogen and oxygen atoms in total. The molecule has 126 valence electrons. The zero-order chi connectivity index (χ0) is 16.9. The fraction of sp³-hybridized carbons (Fsp3) is 0.316. The van der Waals surface area contributed by atoms with Crippen LogP contribution in [-0.4, -0.2) is 25.9 Å². The van der Waals surface area contributed by atoms with Crippen molar-refractivity contribution in [2.45, 2.75) is 20.3 Å². The van der Waals surface area contributed by atoms with Crippen LogP contribution in [0.5, 0.6) is 17.2 Å². The lowest BCUT2D eigenvalue weighted by atomic mass is 10.1. The Labute approximate surface area is 141 Å². The Kier molecular flexibility index (Phi) is 4.89. The van der Waals surface area contributed by atoms with Crippen molar-refractivity contribution in [2.24, 2.45) is 0 Å². The Morgan fingerprint density at radius 3 is 2.88 bits per heavy atom. The lowest BCUT2D eigenvalue weighted by molar-refractivity contribution is -0.123. The minimum atomic E-state index is -0.128. The van der Waals surface area contributed by atoms with Crippen molar-refractivity contribution in [3.63, 3.8) is 0 Å². The van der Waals surface area contributed by atoms with Gasteiger partial charge in [-0.15, -0.1) is 0 Å². The molecule has 2 aromatic carbocycles. The Morgan fingerprint density at radius 1 is 1.17 bits per heavy atom. The van der Waals surface area contributed by atoms with Gasteiger partial charge in [0.05, 0.1) is 0 Å². The number of carbonyl (C=O) groups excluding carboxylic acids is 1. The van der Waals surface area contributed by atoms with Crippen LogP contribution in [-0.2, 0) is 11.2 Å². The molecule has 0 unspecified atom stereocenters. The Bertz CT molecular complexity index is 742. The van der Waals surface area contributed by atoms with Gasteiger partial charge in [0.1, 0.15) is 5.75 Å². The van der Waals surface area contributed by atoms with Crippen LogP contribution in [0.1, 0.15) is 16.7 Å². The average molecular weight is 327 g/mol. The van der Waals surface area contributed by atoms with Crippen molar-refractivity contribution < 1.29 is 19.0 Å². The van der Waals surface area contributed by atoms with E-state index in [0.717, 1.165) is 40.4 Å². The molecule has 0 aliphatic carbocycles. The Morgan fingerprint density at radius 2 is 2.00 bits per heavy atom. The summed E-state index contributed by atoms with van der Waals surface area (Å²) in [5, 5.41) is 2.87. The molecule has 1 heterocycles. The highest BCUT2D eigenvalue weighted by atomic mass is 16.7. The lowest BCUT2D eigenvalue weighted by Gasteiger charge is -2.11. The zero-order valence-electron chi connectivity index (χ0n) is 13.9. The molecule has 1 N–H and O–H groups in total. The summed E-state index contributed by atoms with van der Waals surface area (Å²) in [6, 6.07) is 11.6. The topological polar surface area (TPSA) is 56.8 Å². The first-order valence-electron chi connectivity index (χ1n) is 7.98. The van der Waals surface area contributed by atoms with Crippen LogP contribution in [0.3, 0.4) is 0 Å². The second kappa shape index (κ2) is 7.25. The van der Waals surface area contributed by atoms with Crippen molar-refractivity contribution in [3.05, 3.63) is 53.1 Å². The van der Waals surface area contributed by atoms with E-state index in [2.05, 4.69) is 5.32 Å². The van der Waals surface area contributed by atoms with E-state index in [9.17, 15) is 4.79 Å². The van der Waals surface area contributed by atoms with Gasteiger partial charge in [-0.1, -0.05) is 18.2 Å². The molecule has 2 aromatic rings. The van der Waals surface area contributed by atoms with Crippen molar-refractivity contribution in [1.29, 1.82) is 0 Å². The molecule has 0 bridgehead atoms. The van der Waals surface area contributed by atoms with Gasteiger partial charge in [-0.2, -0.15) is 0 Å². The molecule has 0 atom stereocenters. The molecule has 0 saturated heterocycles. The first kappa shape index (κ1) is 16.2. The summed E-state index contributed by atoms with van der Waals surface area (Å²) in [6.07, 6.45) is 0.728. The van der Waals surface area contributed by atoms with Gasteiger partial charge in [0.25, 0.3) is 5.91 Å². The molecule has 3 rings (SSSR count). The number of carbonyl (C=O) groups is 1. The normalized spacial score (nSPS) is 12.1. The van der Waals surface area contributed by atoms with Gasteiger partial charge in [-0.05, 0) is 55.2 Å². The van der Waals surface area contributed by atoms with Crippen LogP contribution in [0, 0.1) is 13.8 Å². The van der Waals surface area contributed by atoms with Crippen molar-refractivity contribution in [2.75, 3.05) is 19.9 Å². The molecular formula is C19H21NO4. The van der Waals surface area contributed by atoms with Gasteiger partial charge in [0, 0.05) is 6.54 Å². The number of benzene rings is 2. The van der Waals surface area contributed by atoms with Gasteiger partial charge in [-0.3, -0.25) is 4.79 Å². The fourth-order valence-electron chi connectivity index (χ4n) is 2.52. The minimum absolute atomic E-state index is 0.0193. The van der Waals surface area contributed by atoms with Gasteiger partial charge in [0.2, 0.25) is 6.79 Å². The number of nitrogens with one attached hydrogen (secondary N) is 1. The van der Waals surface area contributed by atoms with Crippen molar-refractivity contribution in [3.8, 4) is 17.2 Å². The van der Waals surface area contributed by atoms with E-state index in [1.54, 1.807) is 0 Å². The van der Waals surface area contributed by atoms with E-state index in [-0.39, 0.29) is 19.3 Å². The van der Waals surface area contributed by atoms with Gasteiger partial charge >= 0.3 is 0 Å². The predicted octanol–water partition coefficient (Wildman–Crippen LogP) is 2.77. The van der Waals surface area contributed by atoms with Crippen LogP contribution < -0.4 is 19.5 Å². The summed E-state index contributed by atoms with van der Waals surface area (Å²) < 4.78 is 16.2. The highest BCUT2D eigenvalue weighted by molar-refractivity contribution is 5.77. The predicted molar refractivity (Wildman–Crippen MR) is 90.7 cm³/mol. The maximum Gasteiger partial charge on any atom is 0.257 e. The Balaban J connectivity index is 1.43. The number of hydrogen-bond donors (Lipinski definition) is 1. The molecule has 0 aromatic heterocycles. The molecule has 0 spiro atoms.